The summed E-state index contributed by atoms with van der Waals surface area (Å²) in [7, 11) is 2.12. The van der Waals surface area contributed by atoms with Crippen LogP contribution in [0.3, 0.4) is 0 Å². The molecule has 2 heteroatoms. The fourth-order valence-electron chi connectivity index (χ4n) is 2.51. The smallest absolute Gasteiger partial charge is 0.0540 e. The highest BCUT2D eigenvalue weighted by Gasteiger charge is 2.37. The van der Waals surface area contributed by atoms with Crippen LogP contribution in [0.4, 0.5) is 0 Å². The molecule has 1 saturated heterocycles. The van der Waals surface area contributed by atoms with Crippen LogP contribution in [0.15, 0.2) is 24.3 Å². The lowest BCUT2D eigenvalue weighted by molar-refractivity contribution is 0.195. The monoisotopic (exact) mass is 205 g/mol. The van der Waals surface area contributed by atoms with E-state index in [1.807, 2.05) is 0 Å². The molecule has 1 aromatic carbocycles. The second kappa shape index (κ2) is 3.95. The van der Waals surface area contributed by atoms with Crippen LogP contribution in [0.1, 0.15) is 17.5 Å². The van der Waals surface area contributed by atoms with Crippen molar-refractivity contribution in [1.82, 2.24) is 4.90 Å². The minimum atomic E-state index is -0.0270. The van der Waals surface area contributed by atoms with Crippen molar-refractivity contribution in [2.45, 2.75) is 18.8 Å². The first kappa shape index (κ1) is 10.7. The van der Waals surface area contributed by atoms with E-state index in [4.69, 9.17) is 0 Å². The average molecular weight is 205 g/mol. The molecule has 1 unspecified atom stereocenters. The lowest BCUT2D eigenvalue weighted by Gasteiger charge is -2.27. The molecule has 1 aliphatic rings. The van der Waals surface area contributed by atoms with Gasteiger partial charge in [-0.3, -0.25) is 0 Å². The van der Waals surface area contributed by atoms with Gasteiger partial charge >= 0.3 is 0 Å². The third-order valence-electron chi connectivity index (χ3n) is 3.48. The highest BCUT2D eigenvalue weighted by atomic mass is 16.3. The fourth-order valence-corrected chi connectivity index (χ4v) is 2.51. The Morgan fingerprint density at radius 2 is 2.27 bits per heavy atom. The zero-order valence-corrected chi connectivity index (χ0v) is 9.53. The molecule has 2 nitrogen and oxygen atoms in total. The van der Waals surface area contributed by atoms with Crippen LogP contribution in [-0.2, 0) is 5.41 Å². The van der Waals surface area contributed by atoms with Crippen molar-refractivity contribution >= 4 is 0 Å². The van der Waals surface area contributed by atoms with Crippen LogP contribution in [0.2, 0.25) is 0 Å². The van der Waals surface area contributed by atoms with Crippen LogP contribution >= 0.6 is 0 Å². The molecule has 1 N–H and O–H groups in total. The summed E-state index contributed by atoms with van der Waals surface area (Å²) in [6, 6.07) is 8.53. The predicted molar refractivity (Wildman–Crippen MR) is 62.1 cm³/mol. The Balaban J connectivity index is 2.34. The maximum Gasteiger partial charge on any atom is 0.0540 e. The van der Waals surface area contributed by atoms with Gasteiger partial charge in [-0.1, -0.05) is 29.8 Å². The van der Waals surface area contributed by atoms with E-state index in [0.29, 0.717) is 0 Å². The summed E-state index contributed by atoms with van der Waals surface area (Å²) in [6.45, 7) is 4.40. The second-order valence-electron chi connectivity index (χ2n) is 4.80. The minimum absolute atomic E-state index is 0.0270. The summed E-state index contributed by atoms with van der Waals surface area (Å²) in [5, 5.41) is 9.65. The van der Waals surface area contributed by atoms with Gasteiger partial charge in [0, 0.05) is 12.0 Å². The van der Waals surface area contributed by atoms with Crippen LogP contribution < -0.4 is 0 Å². The molecule has 15 heavy (non-hydrogen) atoms. The molecule has 1 aromatic rings. The van der Waals surface area contributed by atoms with E-state index in [-0.39, 0.29) is 12.0 Å². The Morgan fingerprint density at radius 3 is 2.80 bits per heavy atom. The number of aliphatic hydroxyl groups excluding tert-OH is 1. The molecule has 0 spiro atoms. The Labute approximate surface area is 91.5 Å². The number of rotatable bonds is 2. The Kier molecular flexibility index (Phi) is 2.81. The third-order valence-corrected chi connectivity index (χ3v) is 3.48. The van der Waals surface area contributed by atoms with Crippen LogP contribution in [-0.4, -0.2) is 36.8 Å². The van der Waals surface area contributed by atoms with Gasteiger partial charge in [0.25, 0.3) is 0 Å². The van der Waals surface area contributed by atoms with Gasteiger partial charge in [0.1, 0.15) is 0 Å². The molecular weight excluding hydrogens is 186 g/mol. The molecule has 1 fully saturated rings. The van der Waals surface area contributed by atoms with Crippen LogP contribution in [0.25, 0.3) is 0 Å². The molecule has 0 aromatic heterocycles. The van der Waals surface area contributed by atoms with E-state index in [1.165, 1.54) is 11.1 Å². The van der Waals surface area contributed by atoms with E-state index >= 15 is 0 Å². The summed E-state index contributed by atoms with van der Waals surface area (Å²) in [6.07, 6.45) is 1.06. The molecular formula is C13H19NO. The number of hydrogen-bond donors (Lipinski definition) is 1. The SMILES string of the molecule is Cc1cccc(C2(CO)CCN(C)C2)c1. The molecule has 0 aliphatic carbocycles. The quantitative estimate of drug-likeness (QED) is 0.792. The molecule has 0 amide bonds. The van der Waals surface area contributed by atoms with Gasteiger partial charge < -0.3 is 10.0 Å². The zero-order chi connectivity index (χ0) is 10.9. The molecule has 1 atom stereocenters. The number of benzene rings is 1. The molecule has 82 valence electrons. The standard InChI is InChI=1S/C13H19NO/c1-11-4-3-5-12(8-11)13(10-15)6-7-14(2)9-13/h3-5,8,15H,6-7,9-10H2,1-2H3. The molecule has 0 radical (unpaired) electrons. The lowest BCUT2D eigenvalue weighted by atomic mass is 9.80. The number of hydrogen-bond acceptors (Lipinski definition) is 2. The van der Waals surface area contributed by atoms with Gasteiger partial charge in [-0.05, 0) is 32.5 Å². The van der Waals surface area contributed by atoms with E-state index in [2.05, 4.69) is 43.1 Å². The number of nitrogens with zero attached hydrogens (tertiary/aromatic N) is 1. The second-order valence-corrected chi connectivity index (χ2v) is 4.80. The topological polar surface area (TPSA) is 23.5 Å². The third kappa shape index (κ3) is 1.92. The van der Waals surface area contributed by atoms with E-state index in [0.717, 1.165) is 19.5 Å². The molecule has 0 saturated carbocycles. The molecule has 0 bridgehead atoms. The summed E-state index contributed by atoms with van der Waals surface area (Å²) >= 11 is 0. The molecule has 2 rings (SSSR count). The van der Waals surface area contributed by atoms with Crippen LogP contribution in [0.5, 0.6) is 0 Å². The summed E-state index contributed by atoms with van der Waals surface area (Å²) < 4.78 is 0. The van der Waals surface area contributed by atoms with Crippen molar-refractivity contribution in [1.29, 1.82) is 0 Å². The van der Waals surface area contributed by atoms with Crippen molar-refractivity contribution in [2.75, 3.05) is 26.7 Å². The Bertz CT molecular complexity index is 350. The lowest BCUT2D eigenvalue weighted by Crippen LogP contribution is -2.33. The van der Waals surface area contributed by atoms with Crippen molar-refractivity contribution in [2.24, 2.45) is 0 Å². The van der Waals surface area contributed by atoms with Gasteiger partial charge in [-0.2, -0.15) is 0 Å². The largest absolute Gasteiger partial charge is 0.395 e. The van der Waals surface area contributed by atoms with Crippen molar-refractivity contribution in [3.05, 3.63) is 35.4 Å². The number of likely N-dealkylation sites (tertiary alicyclic amines) is 1. The van der Waals surface area contributed by atoms with E-state index in [9.17, 15) is 5.11 Å². The van der Waals surface area contributed by atoms with Gasteiger partial charge in [0.05, 0.1) is 6.61 Å². The Hall–Kier alpha value is -0.860. The summed E-state index contributed by atoms with van der Waals surface area (Å²) in [5.41, 5.74) is 2.53. The predicted octanol–water partition coefficient (Wildman–Crippen LogP) is 1.56. The highest BCUT2D eigenvalue weighted by Crippen LogP contribution is 2.33. The Morgan fingerprint density at radius 1 is 1.47 bits per heavy atom. The highest BCUT2D eigenvalue weighted by molar-refractivity contribution is 5.31. The zero-order valence-electron chi connectivity index (χ0n) is 9.53. The first-order chi connectivity index (χ1) is 7.16. The van der Waals surface area contributed by atoms with Gasteiger partial charge in [-0.15, -0.1) is 0 Å². The van der Waals surface area contributed by atoms with Crippen molar-refractivity contribution in [3.63, 3.8) is 0 Å². The maximum absolute atomic E-state index is 9.65. The van der Waals surface area contributed by atoms with Gasteiger partial charge in [0.15, 0.2) is 0 Å². The van der Waals surface area contributed by atoms with Crippen LogP contribution in [0, 0.1) is 6.92 Å². The molecule has 1 heterocycles. The fraction of sp³-hybridized carbons (Fsp3) is 0.538. The summed E-state index contributed by atoms with van der Waals surface area (Å²) in [4.78, 5) is 2.29. The first-order valence-corrected chi connectivity index (χ1v) is 5.53. The van der Waals surface area contributed by atoms with E-state index in [1.54, 1.807) is 0 Å². The van der Waals surface area contributed by atoms with Crippen molar-refractivity contribution < 1.29 is 5.11 Å². The normalized spacial score (nSPS) is 27.1. The number of likely N-dealkylation sites (N-methyl/N-ethyl adjacent to an activating group) is 1. The maximum atomic E-state index is 9.65. The minimum Gasteiger partial charge on any atom is -0.395 e. The summed E-state index contributed by atoms with van der Waals surface area (Å²) in [5.74, 6) is 0. The average Bonchev–Trinajstić information content (AvgIpc) is 2.61. The van der Waals surface area contributed by atoms with Gasteiger partial charge in [-0.25, -0.2) is 0 Å². The number of aryl methyl sites for hydroxylation is 1. The van der Waals surface area contributed by atoms with Gasteiger partial charge in [0.2, 0.25) is 0 Å². The molecule has 1 aliphatic heterocycles. The van der Waals surface area contributed by atoms with E-state index < -0.39 is 0 Å². The number of aliphatic hydroxyl groups is 1. The first-order valence-electron chi connectivity index (χ1n) is 5.53. The van der Waals surface area contributed by atoms with Crippen molar-refractivity contribution in [3.8, 4) is 0 Å².